The van der Waals surface area contributed by atoms with E-state index in [-0.39, 0.29) is 18.0 Å². The Balaban J connectivity index is 2.27. The van der Waals surface area contributed by atoms with Crippen molar-refractivity contribution < 1.29 is 9.18 Å². The van der Waals surface area contributed by atoms with Crippen LogP contribution in [0.3, 0.4) is 0 Å². The Morgan fingerprint density at radius 1 is 1.19 bits per heavy atom. The van der Waals surface area contributed by atoms with Gasteiger partial charge in [-0.15, -0.1) is 0 Å². The molecule has 2 aromatic rings. The van der Waals surface area contributed by atoms with Gasteiger partial charge in [0.05, 0.1) is 5.71 Å². The number of aliphatic imine (C=N–C) groups is 1. The fraction of sp³-hybridized carbons (Fsp3) is 0.176. The standard InChI is InChI=1S/C17H13ClFNO/c1-10-16(21)8-11-6-7-12(18)9-14(11)17(20-10)13-4-2-3-5-15(13)19/h2-7,9-10H,8H2,1H3. The average Bonchev–Trinajstić information content (AvgIpc) is 2.58. The van der Waals surface area contributed by atoms with Crippen molar-refractivity contribution in [3.8, 4) is 0 Å². The van der Waals surface area contributed by atoms with Crippen LogP contribution in [0.25, 0.3) is 0 Å². The third kappa shape index (κ3) is 2.61. The van der Waals surface area contributed by atoms with E-state index < -0.39 is 6.04 Å². The van der Waals surface area contributed by atoms with E-state index in [0.29, 0.717) is 16.3 Å². The third-order valence-corrected chi connectivity index (χ3v) is 3.84. The van der Waals surface area contributed by atoms with E-state index in [1.165, 1.54) is 6.07 Å². The molecule has 4 heteroatoms. The molecular formula is C17H13ClFNO. The topological polar surface area (TPSA) is 29.4 Å². The molecule has 2 nitrogen and oxygen atoms in total. The average molecular weight is 302 g/mol. The summed E-state index contributed by atoms with van der Waals surface area (Å²) in [5.74, 6) is -0.339. The van der Waals surface area contributed by atoms with Crippen LogP contribution in [-0.2, 0) is 11.2 Å². The van der Waals surface area contributed by atoms with E-state index in [9.17, 15) is 9.18 Å². The van der Waals surface area contributed by atoms with Crippen LogP contribution in [0, 0.1) is 5.82 Å². The van der Waals surface area contributed by atoms with Gasteiger partial charge < -0.3 is 0 Å². The molecule has 3 rings (SSSR count). The zero-order valence-corrected chi connectivity index (χ0v) is 12.2. The first-order chi connectivity index (χ1) is 10.1. The maximum absolute atomic E-state index is 14.1. The minimum Gasteiger partial charge on any atom is -0.297 e. The highest BCUT2D eigenvalue weighted by molar-refractivity contribution is 6.31. The lowest BCUT2D eigenvalue weighted by molar-refractivity contribution is -0.119. The van der Waals surface area contributed by atoms with Gasteiger partial charge in [-0.25, -0.2) is 4.39 Å². The first-order valence-corrected chi connectivity index (χ1v) is 7.08. The zero-order chi connectivity index (χ0) is 15.0. The number of ketones is 1. The summed E-state index contributed by atoms with van der Waals surface area (Å²) >= 11 is 6.06. The molecule has 1 unspecified atom stereocenters. The molecule has 0 radical (unpaired) electrons. The van der Waals surface area contributed by atoms with Crippen LogP contribution in [0.1, 0.15) is 23.6 Å². The SMILES string of the molecule is CC1N=C(c2ccccc2F)c2cc(Cl)ccc2CC1=O. The van der Waals surface area contributed by atoms with Crippen molar-refractivity contribution in [1.29, 1.82) is 0 Å². The smallest absolute Gasteiger partial charge is 0.161 e. The van der Waals surface area contributed by atoms with Crippen molar-refractivity contribution >= 4 is 23.1 Å². The van der Waals surface area contributed by atoms with Crippen LogP contribution < -0.4 is 0 Å². The van der Waals surface area contributed by atoms with Gasteiger partial charge in [0.25, 0.3) is 0 Å². The second kappa shape index (κ2) is 5.41. The van der Waals surface area contributed by atoms with Crippen molar-refractivity contribution in [3.63, 3.8) is 0 Å². The molecule has 106 valence electrons. The summed E-state index contributed by atoms with van der Waals surface area (Å²) in [6.07, 6.45) is 0.287. The molecule has 21 heavy (non-hydrogen) atoms. The molecule has 0 saturated carbocycles. The van der Waals surface area contributed by atoms with Crippen molar-refractivity contribution in [2.75, 3.05) is 0 Å². The van der Waals surface area contributed by atoms with Gasteiger partial charge in [0.1, 0.15) is 11.9 Å². The van der Waals surface area contributed by atoms with Gasteiger partial charge in [0, 0.05) is 22.6 Å². The van der Waals surface area contributed by atoms with Crippen LogP contribution in [0.2, 0.25) is 5.02 Å². The summed E-state index contributed by atoms with van der Waals surface area (Å²) in [6, 6.07) is 11.2. The molecule has 2 aromatic carbocycles. The maximum atomic E-state index is 14.1. The molecular weight excluding hydrogens is 289 g/mol. The van der Waals surface area contributed by atoms with Gasteiger partial charge in [-0.1, -0.05) is 29.8 Å². The van der Waals surface area contributed by atoms with Gasteiger partial charge in [-0.3, -0.25) is 9.79 Å². The number of rotatable bonds is 1. The molecule has 0 N–H and O–H groups in total. The molecule has 0 aromatic heterocycles. The van der Waals surface area contributed by atoms with Crippen molar-refractivity contribution in [1.82, 2.24) is 0 Å². The largest absolute Gasteiger partial charge is 0.297 e. The van der Waals surface area contributed by atoms with Crippen LogP contribution in [0.15, 0.2) is 47.5 Å². The second-order valence-electron chi connectivity index (χ2n) is 5.08. The lowest BCUT2D eigenvalue weighted by atomic mass is 9.95. The number of nitrogens with zero attached hydrogens (tertiary/aromatic N) is 1. The van der Waals surface area contributed by atoms with E-state index in [2.05, 4.69) is 4.99 Å². The second-order valence-corrected chi connectivity index (χ2v) is 5.51. The number of carbonyl (C=O) groups is 1. The number of hydrogen-bond donors (Lipinski definition) is 0. The molecule has 1 atom stereocenters. The van der Waals surface area contributed by atoms with Crippen LogP contribution in [0.4, 0.5) is 4.39 Å². The van der Waals surface area contributed by atoms with Gasteiger partial charge >= 0.3 is 0 Å². The molecule has 0 aliphatic carbocycles. The third-order valence-electron chi connectivity index (χ3n) is 3.61. The zero-order valence-electron chi connectivity index (χ0n) is 11.4. The number of Topliss-reactive ketones (excluding diaryl/α,β-unsaturated/α-hetero) is 1. The molecule has 1 heterocycles. The number of hydrogen-bond acceptors (Lipinski definition) is 2. The Labute approximate surface area is 127 Å². The van der Waals surface area contributed by atoms with Gasteiger partial charge in [0.2, 0.25) is 0 Å². The predicted octanol–water partition coefficient (Wildman–Crippen LogP) is 3.83. The van der Waals surface area contributed by atoms with Gasteiger partial charge in [0.15, 0.2) is 5.78 Å². The molecule has 0 bridgehead atoms. The van der Waals surface area contributed by atoms with Crippen molar-refractivity contribution in [2.24, 2.45) is 4.99 Å². The quantitative estimate of drug-likeness (QED) is 0.787. The summed E-state index contributed by atoms with van der Waals surface area (Å²) in [6.45, 7) is 1.73. The van der Waals surface area contributed by atoms with Crippen LogP contribution >= 0.6 is 11.6 Å². The summed E-state index contributed by atoms with van der Waals surface area (Å²) in [5.41, 5.74) is 2.44. The number of fused-ring (bicyclic) bond motifs is 1. The molecule has 0 amide bonds. The highest BCUT2D eigenvalue weighted by Gasteiger charge is 2.24. The highest BCUT2D eigenvalue weighted by atomic mass is 35.5. The summed E-state index contributed by atoms with van der Waals surface area (Å²) in [5, 5.41) is 0.541. The lowest BCUT2D eigenvalue weighted by Crippen LogP contribution is -2.16. The van der Waals surface area contributed by atoms with E-state index in [4.69, 9.17) is 11.6 Å². The van der Waals surface area contributed by atoms with E-state index in [1.54, 1.807) is 37.3 Å². The Morgan fingerprint density at radius 3 is 2.71 bits per heavy atom. The van der Waals surface area contributed by atoms with Gasteiger partial charge in [-0.2, -0.15) is 0 Å². The predicted molar refractivity (Wildman–Crippen MR) is 81.7 cm³/mol. The molecule has 0 saturated heterocycles. The van der Waals surface area contributed by atoms with Crippen LogP contribution in [0.5, 0.6) is 0 Å². The molecule has 0 fully saturated rings. The Kier molecular flexibility index (Phi) is 3.60. The van der Waals surface area contributed by atoms with E-state index in [1.807, 2.05) is 6.07 Å². The minimum absolute atomic E-state index is 0.0184. The Morgan fingerprint density at radius 2 is 1.95 bits per heavy atom. The Hall–Kier alpha value is -2.00. The number of halogens is 2. The number of benzene rings is 2. The van der Waals surface area contributed by atoms with Crippen LogP contribution in [-0.4, -0.2) is 17.5 Å². The summed E-state index contributed by atoms with van der Waals surface area (Å²) in [4.78, 5) is 16.5. The van der Waals surface area contributed by atoms with Crippen molar-refractivity contribution in [2.45, 2.75) is 19.4 Å². The molecule has 0 spiro atoms. The van der Waals surface area contributed by atoms with E-state index in [0.717, 1.165) is 11.1 Å². The fourth-order valence-corrected chi connectivity index (χ4v) is 2.63. The monoisotopic (exact) mass is 301 g/mol. The number of carbonyl (C=O) groups excluding carboxylic acids is 1. The molecule has 1 aliphatic heterocycles. The highest BCUT2D eigenvalue weighted by Crippen LogP contribution is 2.25. The Bertz CT molecular complexity index is 754. The lowest BCUT2D eigenvalue weighted by Gasteiger charge is -2.11. The maximum Gasteiger partial charge on any atom is 0.161 e. The summed E-state index contributed by atoms with van der Waals surface area (Å²) < 4.78 is 14.1. The van der Waals surface area contributed by atoms with E-state index >= 15 is 0 Å². The minimum atomic E-state index is -0.495. The normalized spacial score (nSPS) is 18.0. The first kappa shape index (κ1) is 14.0. The molecule has 1 aliphatic rings. The van der Waals surface area contributed by atoms with Crippen molar-refractivity contribution in [3.05, 3.63) is 70.0 Å². The van der Waals surface area contributed by atoms with Gasteiger partial charge in [-0.05, 0) is 36.8 Å². The first-order valence-electron chi connectivity index (χ1n) is 6.70. The summed E-state index contributed by atoms with van der Waals surface area (Å²) in [7, 11) is 0. The fourth-order valence-electron chi connectivity index (χ4n) is 2.46.